The molecule has 3 aromatic carbocycles. The summed E-state index contributed by atoms with van der Waals surface area (Å²) in [5, 5.41) is 15.6. The smallest absolute Gasteiger partial charge is 0.336 e. The number of carboxylic acids is 1. The van der Waals surface area contributed by atoms with E-state index in [2.05, 4.69) is 32.4 Å². The zero-order valence-electron chi connectivity index (χ0n) is 23.4. The fourth-order valence-electron chi connectivity index (χ4n) is 4.96. The molecule has 1 saturated heterocycles. The molecule has 0 bridgehead atoms. The van der Waals surface area contributed by atoms with Crippen molar-refractivity contribution in [3.63, 3.8) is 0 Å². The number of fused-ring (bicyclic) bond motifs is 1. The lowest BCUT2D eigenvalue weighted by Gasteiger charge is -2.32. The van der Waals surface area contributed by atoms with E-state index in [4.69, 9.17) is 4.84 Å². The lowest BCUT2D eigenvalue weighted by molar-refractivity contribution is -0.110. The Kier molecular flexibility index (Phi) is 8.71. The van der Waals surface area contributed by atoms with Crippen LogP contribution >= 0.6 is 0 Å². The Bertz CT molecular complexity index is 1620. The Labute approximate surface area is 244 Å². The van der Waals surface area contributed by atoms with Gasteiger partial charge in [0.05, 0.1) is 34.0 Å². The second kappa shape index (κ2) is 12.4. The second-order valence-electron chi connectivity index (χ2n) is 10.3. The van der Waals surface area contributed by atoms with Gasteiger partial charge in [-0.25, -0.2) is 13.2 Å². The molecule has 11 nitrogen and oxygen atoms in total. The number of nitrogens with zero attached hydrogens (tertiary/aromatic N) is 2. The van der Waals surface area contributed by atoms with Crippen LogP contribution in [-0.2, 0) is 19.7 Å². The fraction of sp³-hybridized carbons (Fsp3) is 0.267. The Balaban J connectivity index is 1.35. The van der Waals surface area contributed by atoms with E-state index in [9.17, 15) is 23.1 Å². The molecule has 5 rings (SSSR count). The normalized spacial score (nSPS) is 17.0. The number of aryl methyl sites for hydroxylation is 1. The van der Waals surface area contributed by atoms with Gasteiger partial charge in [0.15, 0.2) is 0 Å². The summed E-state index contributed by atoms with van der Waals surface area (Å²) in [5.74, 6) is -1.45. The minimum absolute atomic E-state index is 0.0299. The van der Waals surface area contributed by atoms with Gasteiger partial charge in [0.1, 0.15) is 0 Å². The average Bonchev–Trinajstić information content (AvgIpc) is 3.29. The van der Waals surface area contributed by atoms with E-state index in [0.717, 1.165) is 31.7 Å². The molecule has 0 radical (unpaired) electrons. The van der Waals surface area contributed by atoms with Crippen LogP contribution < -0.4 is 15.5 Å². The van der Waals surface area contributed by atoms with Crippen LogP contribution in [0.2, 0.25) is 0 Å². The molecular weight excluding hydrogens is 558 g/mol. The summed E-state index contributed by atoms with van der Waals surface area (Å²) in [6, 6.07) is 18.5. The third kappa shape index (κ3) is 6.53. The van der Waals surface area contributed by atoms with E-state index in [1.807, 2.05) is 30.3 Å². The quantitative estimate of drug-likeness (QED) is 0.159. The van der Waals surface area contributed by atoms with Crippen molar-refractivity contribution >= 4 is 44.5 Å². The third-order valence-corrected chi connectivity index (χ3v) is 8.59. The molecule has 1 amide bonds. The Morgan fingerprint density at radius 3 is 2.38 bits per heavy atom. The number of piperazine rings is 1. The molecule has 0 unspecified atom stereocenters. The highest BCUT2D eigenvalue weighted by molar-refractivity contribution is 7.89. The molecule has 4 N–H and O–H groups in total. The van der Waals surface area contributed by atoms with Crippen molar-refractivity contribution in [2.45, 2.75) is 11.8 Å². The van der Waals surface area contributed by atoms with Crippen molar-refractivity contribution in [2.24, 2.45) is 0 Å². The lowest BCUT2D eigenvalue weighted by atomic mass is 9.96. The monoisotopic (exact) mass is 591 g/mol. The standard InChI is InChI=1S/C30H33N5O6S/c1-20-18-25-26(19-24(20)30(37)38)32-29(36)27(25)28(21-6-4-3-5-7-21)31-22-8-10-23(11-9-22)42(39,40)33-41-17-16-35-14-12-34(2)13-15-35/h3-11,18-19,31,33H,12-17H2,1-2H3,(H,32,36)(H,37,38)/b28-27-. The molecule has 1 fully saturated rings. The number of carbonyl (C=O) groups is 2. The first-order valence-corrected chi connectivity index (χ1v) is 15.0. The maximum Gasteiger partial charge on any atom is 0.336 e. The number of carbonyl (C=O) groups excluding carboxylic acids is 1. The number of amides is 1. The van der Waals surface area contributed by atoms with Crippen LogP contribution in [0.1, 0.15) is 27.0 Å². The highest BCUT2D eigenvalue weighted by Crippen LogP contribution is 2.39. The molecule has 42 heavy (non-hydrogen) atoms. The van der Waals surface area contributed by atoms with E-state index < -0.39 is 16.0 Å². The Morgan fingerprint density at radius 2 is 1.71 bits per heavy atom. The first-order chi connectivity index (χ1) is 20.1. The van der Waals surface area contributed by atoms with Gasteiger partial charge >= 0.3 is 5.97 Å². The van der Waals surface area contributed by atoms with Crippen LogP contribution in [-0.4, -0.2) is 81.6 Å². The van der Waals surface area contributed by atoms with Gasteiger partial charge in [0.25, 0.3) is 15.9 Å². The predicted molar refractivity (Wildman–Crippen MR) is 160 cm³/mol. The first-order valence-electron chi connectivity index (χ1n) is 13.5. The van der Waals surface area contributed by atoms with E-state index in [0.29, 0.717) is 40.3 Å². The van der Waals surface area contributed by atoms with Crippen molar-refractivity contribution < 1.29 is 28.0 Å². The molecule has 2 aliphatic heterocycles. The van der Waals surface area contributed by atoms with E-state index in [-0.39, 0.29) is 23.0 Å². The number of hydrogen-bond donors (Lipinski definition) is 4. The number of benzene rings is 3. The number of carboxylic acid groups (broad SMARTS) is 1. The maximum atomic E-state index is 13.2. The summed E-state index contributed by atoms with van der Waals surface area (Å²) in [4.78, 5) is 36.8. The molecule has 0 atom stereocenters. The Morgan fingerprint density at radius 1 is 1.02 bits per heavy atom. The van der Waals surface area contributed by atoms with Gasteiger partial charge in [0, 0.05) is 44.0 Å². The largest absolute Gasteiger partial charge is 0.478 e. The van der Waals surface area contributed by atoms with Crippen LogP contribution in [0.4, 0.5) is 11.4 Å². The van der Waals surface area contributed by atoms with Gasteiger partial charge in [-0.3, -0.25) is 14.5 Å². The minimum Gasteiger partial charge on any atom is -0.478 e. The van der Waals surface area contributed by atoms with Crippen molar-refractivity contribution in [3.05, 3.63) is 89.0 Å². The summed E-state index contributed by atoms with van der Waals surface area (Å²) in [7, 11) is -1.83. The highest BCUT2D eigenvalue weighted by atomic mass is 32.2. The number of anilines is 2. The van der Waals surface area contributed by atoms with Gasteiger partial charge in [-0.15, -0.1) is 0 Å². The zero-order chi connectivity index (χ0) is 29.9. The molecule has 0 spiro atoms. The fourth-order valence-corrected chi connectivity index (χ4v) is 5.79. The topological polar surface area (TPSA) is 140 Å². The van der Waals surface area contributed by atoms with Crippen molar-refractivity contribution in [1.29, 1.82) is 0 Å². The van der Waals surface area contributed by atoms with Crippen molar-refractivity contribution in [2.75, 3.05) is 57.0 Å². The van der Waals surface area contributed by atoms with Crippen molar-refractivity contribution in [3.8, 4) is 0 Å². The van der Waals surface area contributed by atoms with Crippen LogP contribution in [0, 0.1) is 6.92 Å². The van der Waals surface area contributed by atoms with Gasteiger partial charge in [-0.2, -0.15) is 0 Å². The van der Waals surface area contributed by atoms with Crippen LogP contribution in [0.15, 0.2) is 71.6 Å². The summed E-state index contributed by atoms with van der Waals surface area (Å²) < 4.78 is 25.6. The molecular formula is C30H33N5O6S. The van der Waals surface area contributed by atoms with E-state index >= 15 is 0 Å². The molecule has 220 valence electrons. The molecule has 2 aliphatic rings. The Hall–Kier alpha value is -4.07. The lowest BCUT2D eigenvalue weighted by Crippen LogP contribution is -2.45. The summed E-state index contributed by atoms with van der Waals surface area (Å²) in [6.45, 7) is 6.31. The zero-order valence-corrected chi connectivity index (χ0v) is 24.2. The van der Waals surface area contributed by atoms with Crippen LogP contribution in [0.3, 0.4) is 0 Å². The van der Waals surface area contributed by atoms with Gasteiger partial charge in [0.2, 0.25) is 0 Å². The molecule has 0 saturated carbocycles. The van der Waals surface area contributed by atoms with E-state index in [1.54, 1.807) is 25.1 Å². The number of sulfonamides is 1. The molecule has 3 aromatic rings. The maximum absolute atomic E-state index is 13.2. The van der Waals surface area contributed by atoms with E-state index in [1.165, 1.54) is 18.2 Å². The van der Waals surface area contributed by atoms with Crippen LogP contribution in [0.25, 0.3) is 11.3 Å². The minimum atomic E-state index is -3.90. The number of nitrogens with one attached hydrogen (secondary N) is 3. The number of aromatic carboxylic acids is 1. The predicted octanol–water partition coefficient (Wildman–Crippen LogP) is 3.08. The molecule has 12 heteroatoms. The number of hydrogen-bond acceptors (Lipinski definition) is 8. The first kappa shape index (κ1) is 29.4. The number of likely N-dealkylation sites (N-methyl/N-ethyl adjacent to an activating group) is 1. The van der Waals surface area contributed by atoms with Gasteiger partial charge in [-0.1, -0.05) is 35.2 Å². The summed E-state index contributed by atoms with van der Waals surface area (Å²) >= 11 is 0. The second-order valence-corrected chi connectivity index (χ2v) is 12.0. The third-order valence-electron chi connectivity index (χ3n) is 7.36. The summed E-state index contributed by atoms with van der Waals surface area (Å²) in [5.41, 5.74) is 3.74. The van der Waals surface area contributed by atoms with Crippen molar-refractivity contribution in [1.82, 2.24) is 14.7 Å². The average molecular weight is 592 g/mol. The molecule has 0 aliphatic carbocycles. The van der Waals surface area contributed by atoms with Crippen LogP contribution in [0.5, 0.6) is 0 Å². The molecule has 2 heterocycles. The number of rotatable bonds is 10. The van der Waals surface area contributed by atoms with Gasteiger partial charge in [-0.05, 0) is 61.5 Å². The van der Waals surface area contributed by atoms with Gasteiger partial charge < -0.3 is 20.6 Å². The molecule has 0 aromatic heterocycles. The highest BCUT2D eigenvalue weighted by Gasteiger charge is 2.30. The SMILES string of the molecule is Cc1cc2c(cc1C(=O)O)NC(=O)/C2=C(\Nc1ccc(S(=O)(=O)NOCCN2CCN(C)CC2)cc1)c1ccccc1. The summed E-state index contributed by atoms with van der Waals surface area (Å²) in [6.07, 6.45) is 0.